The average Bonchev–Trinajstić information content (AvgIpc) is 1.92. The molecule has 0 aliphatic heterocycles. The van der Waals surface area contributed by atoms with Crippen molar-refractivity contribution in [3.63, 3.8) is 0 Å². The molecule has 0 amide bonds. The zero-order valence-electron chi connectivity index (χ0n) is 10.1. The second kappa shape index (κ2) is 91.6. The van der Waals surface area contributed by atoms with Crippen molar-refractivity contribution in [3.8, 4) is 0 Å². The Bertz CT molecular complexity index is 59.1. The molecule has 1 heteroatoms. The molecule has 0 unspecified atom stereocenters. The molecule has 0 aromatic heterocycles. The predicted octanol–water partition coefficient (Wildman–Crippen LogP) is 4.39. The maximum absolute atomic E-state index is 3.36. The molecule has 0 aromatic carbocycles. The topological polar surface area (TPSA) is 0 Å². The van der Waals surface area contributed by atoms with Crippen LogP contribution in [0.1, 0.15) is 27.7 Å². The van der Waals surface area contributed by atoms with E-state index in [1.165, 1.54) is 0 Å². The summed E-state index contributed by atoms with van der Waals surface area (Å²) in [6, 6.07) is 0. The van der Waals surface area contributed by atoms with E-state index in [4.69, 9.17) is 0 Å². The minimum absolute atomic E-state index is 0. The fourth-order valence-electron chi connectivity index (χ4n) is 0. The molecule has 0 nitrogen and oxygen atoms in total. The Morgan fingerprint density at radius 3 is 0.538 bits per heavy atom. The molecule has 73 valence electrons. The quantitative estimate of drug-likeness (QED) is 0.393. The summed E-state index contributed by atoms with van der Waals surface area (Å²) in [5, 5.41) is 0. The second-order valence-corrected chi connectivity index (χ2v) is 1.63. The van der Waals surface area contributed by atoms with Crippen LogP contribution in [-0.4, -0.2) is 29.6 Å². The summed E-state index contributed by atoms with van der Waals surface area (Å²) in [4.78, 5) is 0. The van der Waals surface area contributed by atoms with Crippen LogP contribution in [0.2, 0.25) is 0 Å². The largest absolute Gasteiger partial charge is 0.103 e. The summed E-state index contributed by atoms with van der Waals surface area (Å²) in [6.45, 7) is 21.0. The smallest absolute Gasteiger partial charge is 0 e. The Morgan fingerprint density at radius 1 is 0.538 bits per heavy atom. The molecule has 0 aromatic rings. The Kier molecular flexibility index (Phi) is 206. The van der Waals surface area contributed by atoms with Crippen LogP contribution in [0, 0.1) is 0 Å². The zero-order valence-corrected chi connectivity index (χ0v) is 12.1. The normalized spacial score (nSPS) is 4.00. The molecule has 0 aliphatic rings. The monoisotopic (exact) mass is 191 g/mol. The van der Waals surface area contributed by atoms with E-state index >= 15 is 0 Å². The standard InChI is InChI=1S/4C3H6.Na/c4*1-3-2;/h4*3H,1H2,2H3;. The van der Waals surface area contributed by atoms with E-state index in [1.54, 1.807) is 24.3 Å². The van der Waals surface area contributed by atoms with Crippen LogP contribution >= 0.6 is 0 Å². The molecule has 0 aliphatic carbocycles. The number of hydrogen-bond acceptors (Lipinski definition) is 0. The van der Waals surface area contributed by atoms with Gasteiger partial charge in [-0.05, 0) is 27.7 Å². The van der Waals surface area contributed by atoms with Crippen molar-refractivity contribution in [1.82, 2.24) is 0 Å². The van der Waals surface area contributed by atoms with Gasteiger partial charge in [-0.15, -0.1) is 26.3 Å². The molecule has 0 N–H and O–H groups in total. The molecule has 1 radical (unpaired) electrons. The minimum atomic E-state index is 0. The van der Waals surface area contributed by atoms with Crippen molar-refractivity contribution in [1.29, 1.82) is 0 Å². The number of allylic oxidation sites excluding steroid dienone is 4. The summed E-state index contributed by atoms with van der Waals surface area (Å²) in [7, 11) is 0. The van der Waals surface area contributed by atoms with E-state index in [0.717, 1.165) is 0 Å². The van der Waals surface area contributed by atoms with Crippen LogP contribution in [0.5, 0.6) is 0 Å². The van der Waals surface area contributed by atoms with Crippen LogP contribution in [0.15, 0.2) is 50.6 Å². The fourth-order valence-corrected chi connectivity index (χ4v) is 0. The molecule has 0 saturated heterocycles. The van der Waals surface area contributed by atoms with Gasteiger partial charge in [0, 0.05) is 29.6 Å². The minimum Gasteiger partial charge on any atom is -0.103 e. The van der Waals surface area contributed by atoms with Gasteiger partial charge in [0.05, 0.1) is 0 Å². The molecular weight excluding hydrogens is 167 g/mol. The SMILES string of the molecule is C=CC.C=CC.C=CC.C=CC.[Na]. The van der Waals surface area contributed by atoms with Gasteiger partial charge in [-0.25, -0.2) is 0 Å². The predicted molar refractivity (Wildman–Crippen MR) is 69.2 cm³/mol. The first kappa shape index (κ1) is 29.3. The molecular formula is C12H24Na. The zero-order chi connectivity index (χ0) is 10.8. The molecule has 0 bridgehead atoms. The summed E-state index contributed by atoms with van der Waals surface area (Å²) in [5.41, 5.74) is 0. The Hall–Kier alpha value is -0.0400. The van der Waals surface area contributed by atoms with Gasteiger partial charge in [0.25, 0.3) is 0 Å². The van der Waals surface area contributed by atoms with Gasteiger partial charge in [0.1, 0.15) is 0 Å². The van der Waals surface area contributed by atoms with Crippen molar-refractivity contribution >= 4 is 29.6 Å². The maximum atomic E-state index is 3.36. The van der Waals surface area contributed by atoms with Gasteiger partial charge in [-0.3, -0.25) is 0 Å². The van der Waals surface area contributed by atoms with Gasteiger partial charge in [0.2, 0.25) is 0 Å². The van der Waals surface area contributed by atoms with E-state index in [1.807, 2.05) is 27.7 Å². The van der Waals surface area contributed by atoms with Crippen LogP contribution in [0.4, 0.5) is 0 Å². The van der Waals surface area contributed by atoms with Crippen molar-refractivity contribution in [2.75, 3.05) is 0 Å². The number of hydrogen-bond donors (Lipinski definition) is 0. The molecule has 0 atom stereocenters. The molecule has 0 spiro atoms. The first-order valence-corrected chi connectivity index (χ1v) is 3.94. The third-order valence-corrected chi connectivity index (χ3v) is 0. The summed E-state index contributed by atoms with van der Waals surface area (Å²) < 4.78 is 0. The van der Waals surface area contributed by atoms with Gasteiger partial charge in [-0.1, -0.05) is 24.3 Å². The van der Waals surface area contributed by atoms with E-state index in [-0.39, 0.29) is 29.6 Å². The molecule has 0 rings (SSSR count). The van der Waals surface area contributed by atoms with Crippen LogP contribution in [0.25, 0.3) is 0 Å². The van der Waals surface area contributed by atoms with E-state index in [0.29, 0.717) is 0 Å². The van der Waals surface area contributed by atoms with E-state index in [9.17, 15) is 0 Å². The number of rotatable bonds is 0. The van der Waals surface area contributed by atoms with Crippen LogP contribution < -0.4 is 0 Å². The van der Waals surface area contributed by atoms with Crippen molar-refractivity contribution in [2.24, 2.45) is 0 Å². The van der Waals surface area contributed by atoms with Gasteiger partial charge in [0.15, 0.2) is 0 Å². The van der Waals surface area contributed by atoms with Crippen molar-refractivity contribution in [2.45, 2.75) is 27.7 Å². The van der Waals surface area contributed by atoms with Crippen molar-refractivity contribution < 1.29 is 0 Å². The molecule has 0 fully saturated rings. The Morgan fingerprint density at radius 2 is 0.538 bits per heavy atom. The van der Waals surface area contributed by atoms with Crippen LogP contribution in [-0.2, 0) is 0 Å². The fraction of sp³-hybridized carbons (Fsp3) is 0.333. The summed E-state index contributed by atoms with van der Waals surface area (Å²) >= 11 is 0. The van der Waals surface area contributed by atoms with Gasteiger partial charge < -0.3 is 0 Å². The molecule has 0 heterocycles. The molecule has 13 heavy (non-hydrogen) atoms. The summed E-state index contributed by atoms with van der Waals surface area (Å²) in [5.74, 6) is 0. The third kappa shape index (κ3) is 742000. The maximum Gasteiger partial charge on any atom is 0 e. The molecule has 0 saturated carbocycles. The average molecular weight is 191 g/mol. The summed E-state index contributed by atoms with van der Waals surface area (Å²) in [6.07, 6.45) is 7.00. The Labute approximate surface area is 107 Å². The van der Waals surface area contributed by atoms with Crippen LogP contribution in [0.3, 0.4) is 0 Å². The van der Waals surface area contributed by atoms with Crippen molar-refractivity contribution in [3.05, 3.63) is 50.6 Å². The van der Waals surface area contributed by atoms with Gasteiger partial charge >= 0.3 is 0 Å². The second-order valence-electron chi connectivity index (χ2n) is 1.63. The van der Waals surface area contributed by atoms with Gasteiger partial charge in [-0.2, -0.15) is 0 Å². The first-order valence-electron chi connectivity index (χ1n) is 3.94. The van der Waals surface area contributed by atoms with E-state index in [2.05, 4.69) is 26.3 Å². The third-order valence-electron chi connectivity index (χ3n) is 0. The Balaban J connectivity index is -0.0000000213. The first-order chi connectivity index (χ1) is 5.66. The van der Waals surface area contributed by atoms with E-state index < -0.39 is 0 Å².